The van der Waals surface area contributed by atoms with Crippen LogP contribution in [0.4, 0.5) is 5.69 Å². The zero-order valence-corrected chi connectivity index (χ0v) is 15.3. The number of carboxylic acid groups (broad SMARTS) is 1. The molecule has 2 aromatic carbocycles. The molecule has 0 spiro atoms. The summed E-state index contributed by atoms with van der Waals surface area (Å²) in [5.41, 5.74) is 1.09. The average molecular weight is 397 g/mol. The van der Waals surface area contributed by atoms with Crippen molar-refractivity contribution in [3.8, 4) is 0 Å². The summed E-state index contributed by atoms with van der Waals surface area (Å²) in [6, 6.07) is 12.6. The highest BCUT2D eigenvalue weighted by Crippen LogP contribution is 2.19. The van der Waals surface area contributed by atoms with Gasteiger partial charge in [0.1, 0.15) is 5.65 Å². The Labute approximate surface area is 162 Å². The summed E-state index contributed by atoms with van der Waals surface area (Å²) in [5, 5.41) is 16.5. The van der Waals surface area contributed by atoms with E-state index in [0.29, 0.717) is 32.8 Å². The van der Waals surface area contributed by atoms with Crippen LogP contribution in [0.25, 0.3) is 16.6 Å². The maximum atomic E-state index is 12.8. The Morgan fingerprint density at radius 3 is 2.50 bits per heavy atom. The molecule has 0 saturated heterocycles. The number of hydrogen-bond donors (Lipinski definition) is 2. The Kier molecular flexibility index (Phi) is 4.12. The molecular formula is C19H13ClN4O4. The summed E-state index contributed by atoms with van der Waals surface area (Å²) in [6.45, 7) is 0. The van der Waals surface area contributed by atoms with Crippen LogP contribution in [-0.4, -0.2) is 31.2 Å². The first-order valence-corrected chi connectivity index (χ1v) is 8.55. The number of benzene rings is 2. The number of aromatic nitrogens is 3. The molecule has 140 valence electrons. The molecule has 0 atom stereocenters. The van der Waals surface area contributed by atoms with Crippen LogP contribution < -0.4 is 10.9 Å². The molecule has 0 aliphatic heterocycles. The monoisotopic (exact) mass is 396 g/mol. The summed E-state index contributed by atoms with van der Waals surface area (Å²) >= 11 is 5.83. The lowest BCUT2D eigenvalue weighted by Gasteiger charge is -2.10. The molecule has 4 rings (SSSR count). The number of hydrogen-bond acceptors (Lipinski definition) is 4. The normalized spacial score (nSPS) is 11.1. The summed E-state index contributed by atoms with van der Waals surface area (Å²) < 4.78 is 2.71. The third kappa shape index (κ3) is 2.89. The van der Waals surface area contributed by atoms with Gasteiger partial charge in [0.2, 0.25) is 0 Å². The fraction of sp³-hybridized carbons (Fsp3) is 0.0526. The number of anilines is 1. The van der Waals surface area contributed by atoms with E-state index in [0.717, 1.165) is 4.52 Å². The molecule has 0 unspecified atom stereocenters. The van der Waals surface area contributed by atoms with Crippen molar-refractivity contribution < 1.29 is 14.7 Å². The smallest absolute Gasteiger partial charge is 0.356 e. The number of carboxylic acids is 1. The van der Waals surface area contributed by atoms with Gasteiger partial charge in [0.15, 0.2) is 5.69 Å². The quantitative estimate of drug-likeness (QED) is 0.554. The zero-order chi connectivity index (χ0) is 20.0. The maximum Gasteiger partial charge on any atom is 0.356 e. The molecule has 0 radical (unpaired) electrons. The molecular weight excluding hydrogens is 384 g/mol. The first-order chi connectivity index (χ1) is 13.3. The second-order valence-corrected chi connectivity index (χ2v) is 6.60. The summed E-state index contributed by atoms with van der Waals surface area (Å²) in [6.07, 6.45) is 0. The van der Waals surface area contributed by atoms with E-state index in [1.807, 2.05) is 0 Å². The molecule has 2 heterocycles. The lowest BCUT2D eigenvalue weighted by molar-refractivity contribution is 0.0690. The van der Waals surface area contributed by atoms with Crippen LogP contribution in [0.2, 0.25) is 5.02 Å². The first kappa shape index (κ1) is 17.7. The number of halogens is 1. The van der Waals surface area contributed by atoms with Gasteiger partial charge in [0.05, 0.1) is 10.9 Å². The van der Waals surface area contributed by atoms with Gasteiger partial charge in [0, 0.05) is 29.4 Å². The molecule has 0 bridgehead atoms. The predicted octanol–water partition coefficient (Wildman–Crippen LogP) is 2.79. The van der Waals surface area contributed by atoms with Crippen LogP contribution in [-0.2, 0) is 7.05 Å². The molecule has 4 aromatic rings. The van der Waals surface area contributed by atoms with Gasteiger partial charge in [-0.2, -0.15) is 9.61 Å². The number of aromatic carboxylic acids is 1. The fourth-order valence-corrected chi connectivity index (χ4v) is 3.11. The van der Waals surface area contributed by atoms with E-state index in [4.69, 9.17) is 16.7 Å². The van der Waals surface area contributed by atoms with Gasteiger partial charge in [-0.05, 0) is 42.5 Å². The molecule has 1 amide bonds. The van der Waals surface area contributed by atoms with Crippen molar-refractivity contribution in [3.63, 3.8) is 0 Å². The van der Waals surface area contributed by atoms with E-state index in [-0.39, 0.29) is 11.6 Å². The van der Waals surface area contributed by atoms with E-state index in [1.54, 1.807) is 48.0 Å². The molecule has 0 aliphatic rings. The first-order valence-electron chi connectivity index (χ1n) is 8.18. The minimum absolute atomic E-state index is 0.223. The SMILES string of the molecule is Cn1c2ccc(NC(=O)c3ccc(Cl)cc3)cc2c(=O)n2nc(C(=O)O)cc12. The molecule has 0 fully saturated rings. The van der Waals surface area contributed by atoms with Crippen LogP contribution in [0.5, 0.6) is 0 Å². The van der Waals surface area contributed by atoms with Gasteiger partial charge in [-0.25, -0.2) is 4.79 Å². The molecule has 2 aromatic heterocycles. The highest BCUT2D eigenvalue weighted by atomic mass is 35.5. The van der Waals surface area contributed by atoms with Crippen molar-refractivity contribution >= 4 is 45.7 Å². The van der Waals surface area contributed by atoms with Crippen molar-refractivity contribution in [2.24, 2.45) is 7.05 Å². The molecule has 2 N–H and O–H groups in total. The maximum absolute atomic E-state index is 12.8. The number of amides is 1. The van der Waals surface area contributed by atoms with Gasteiger partial charge in [-0.1, -0.05) is 11.6 Å². The lowest BCUT2D eigenvalue weighted by atomic mass is 10.2. The topological polar surface area (TPSA) is 106 Å². The van der Waals surface area contributed by atoms with Gasteiger partial charge >= 0.3 is 5.97 Å². The van der Waals surface area contributed by atoms with E-state index in [2.05, 4.69) is 10.4 Å². The van der Waals surface area contributed by atoms with E-state index >= 15 is 0 Å². The molecule has 28 heavy (non-hydrogen) atoms. The van der Waals surface area contributed by atoms with Crippen molar-refractivity contribution in [1.29, 1.82) is 0 Å². The average Bonchev–Trinajstić information content (AvgIpc) is 3.13. The number of carbonyl (C=O) groups is 2. The molecule has 0 aliphatic carbocycles. The number of nitrogens with one attached hydrogen (secondary N) is 1. The largest absolute Gasteiger partial charge is 0.476 e. The Morgan fingerprint density at radius 1 is 1.11 bits per heavy atom. The van der Waals surface area contributed by atoms with Crippen LogP contribution >= 0.6 is 11.6 Å². The van der Waals surface area contributed by atoms with Crippen LogP contribution in [0.1, 0.15) is 20.8 Å². The molecule has 0 saturated carbocycles. The van der Waals surface area contributed by atoms with Crippen molar-refractivity contribution in [2.45, 2.75) is 0 Å². The second kappa shape index (κ2) is 6.50. The van der Waals surface area contributed by atoms with E-state index in [1.165, 1.54) is 12.1 Å². The van der Waals surface area contributed by atoms with Crippen molar-refractivity contribution in [2.75, 3.05) is 5.32 Å². The fourth-order valence-electron chi connectivity index (χ4n) is 2.98. The minimum atomic E-state index is -1.22. The Hall–Kier alpha value is -3.65. The zero-order valence-electron chi connectivity index (χ0n) is 14.5. The number of carbonyl (C=O) groups excluding carboxylic acids is 1. The van der Waals surface area contributed by atoms with Crippen molar-refractivity contribution in [3.05, 3.63) is 75.2 Å². The summed E-state index contributed by atoms with van der Waals surface area (Å²) in [4.78, 5) is 36.3. The Bertz CT molecular complexity index is 1320. The second-order valence-electron chi connectivity index (χ2n) is 6.16. The van der Waals surface area contributed by atoms with E-state index < -0.39 is 11.5 Å². The summed E-state index contributed by atoms with van der Waals surface area (Å²) in [7, 11) is 1.70. The van der Waals surface area contributed by atoms with Crippen LogP contribution in [0.15, 0.2) is 53.3 Å². The standard InChI is InChI=1S/C19H13ClN4O4/c1-23-15-7-6-12(21-17(25)10-2-4-11(20)5-3-10)8-13(15)18(26)24-16(23)9-14(22-24)19(27)28/h2-9H,1H3,(H,21,25)(H,27,28). The minimum Gasteiger partial charge on any atom is -0.476 e. The van der Waals surface area contributed by atoms with Gasteiger partial charge < -0.3 is 15.0 Å². The third-order valence-corrected chi connectivity index (χ3v) is 4.65. The number of rotatable bonds is 3. The van der Waals surface area contributed by atoms with Crippen molar-refractivity contribution in [1.82, 2.24) is 14.2 Å². The predicted molar refractivity (Wildman–Crippen MR) is 104 cm³/mol. The Morgan fingerprint density at radius 2 is 1.82 bits per heavy atom. The number of nitrogens with zero attached hydrogens (tertiary/aromatic N) is 3. The van der Waals surface area contributed by atoms with E-state index in [9.17, 15) is 14.4 Å². The highest BCUT2D eigenvalue weighted by Gasteiger charge is 2.16. The summed E-state index contributed by atoms with van der Waals surface area (Å²) in [5.74, 6) is -1.57. The van der Waals surface area contributed by atoms with Gasteiger partial charge in [-0.15, -0.1) is 0 Å². The van der Waals surface area contributed by atoms with Gasteiger partial charge in [0.25, 0.3) is 11.5 Å². The molecule has 8 nitrogen and oxygen atoms in total. The Balaban J connectivity index is 1.80. The third-order valence-electron chi connectivity index (χ3n) is 4.40. The molecule has 9 heteroatoms. The van der Waals surface area contributed by atoms with Crippen LogP contribution in [0, 0.1) is 0 Å². The van der Waals surface area contributed by atoms with Crippen LogP contribution in [0.3, 0.4) is 0 Å². The lowest BCUT2D eigenvalue weighted by Crippen LogP contribution is -2.19. The highest BCUT2D eigenvalue weighted by molar-refractivity contribution is 6.30. The number of aryl methyl sites for hydroxylation is 1. The van der Waals surface area contributed by atoms with Gasteiger partial charge in [-0.3, -0.25) is 9.59 Å². The number of fused-ring (bicyclic) bond motifs is 2.